The summed E-state index contributed by atoms with van der Waals surface area (Å²) in [5.74, 6) is 1.15. The first kappa shape index (κ1) is 20.7. The fourth-order valence-electron chi connectivity index (χ4n) is 2.85. The third-order valence-electron chi connectivity index (χ3n) is 4.30. The molecule has 0 unspecified atom stereocenters. The second-order valence-corrected chi connectivity index (χ2v) is 6.93. The van der Waals surface area contributed by atoms with Crippen LogP contribution in [-0.2, 0) is 4.79 Å². The Kier molecular flexibility index (Phi) is 7.65. The lowest BCUT2D eigenvalue weighted by atomic mass is 9.96. The summed E-state index contributed by atoms with van der Waals surface area (Å²) in [6.07, 6.45) is 0.689. The molecule has 0 radical (unpaired) electrons. The molecule has 0 aliphatic heterocycles. The molecule has 2 rings (SSSR count). The molecule has 2 atom stereocenters. The molecule has 0 spiro atoms. The van der Waals surface area contributed by atoms with Gasteiger partial charge in [0, 0.05) is 0 Å². The van der Waals surface area contributed by atoms with Crippen LogP contribution < -0.4 is 14.8 Å². The Hall–Kier alpha value is -2.56. The van der Waals surface area contributed by atoms with Gasteiger partial charge in [0.1, 0.15) is 17.3 Å². The number of carbonyl (C=O) groups excluding carboxylic acids is 1. The first-order chi connectivity index (χ1) is 12.9. The van der Waals surface area contributed by atoms with Gasteiger partial charge in [-0.3, -0.25) is 4.79 Å². The average molecular weight is 373 g/mol. The maximum atomic E-state index is 13.1. The fourth-order valence-corrected chi connectivity index (χ4v) is 2.85. The van der Waals surface area contributed by atoms with Gasteiger partial charge in [0.05, 0.1) is 13.2 Å². The molecule has 0 bridgehead atoms. The van der Waals surface area contributed by atoms with E-state index in [0.717, 1.165) is 17.7 Å². The van der Waals surface area contributed by atoms with Crippen molar-refractivity contribution in [3.63, 3.8) is 0 Å². The third kappa shape index (κ3) is 6.27. The number of carbonyl (C=O) groups is 1. The number of hydrogen-bond donors (Lipinski definition) is 1. The largest absolute Gasteiger partial charge is 0.497 e. The quantitative estimate of drug-likeness (QED) is 0.680. The molecule has 2 aromatic rings. The minimum Gasteiger partial charge on any atom is -0.497 e. The predicted molar refractivity (Wildman–Crippen MR) is 104 cm³/mol. The van der Waals surface area contributed by atoms with E-state index in [9.17, 15) is 9.18 Å². The highest BCUT2D eigenvalue weighted by Crippen LogP contribution is 2.24. The van der Waals surface area contributed by atoms with Crippen molar-refractivity contribution in [2.75, 3.05) is 7.11 Å². The van der Waals surface area contributed by atoms with Crippen LogP contribution in [0.2, 0.25) is 0 Å². The zero-order valence-corrected chi connectivity index (χ0v) is 16.4. The summed E-state index contributed by atoms with van der Waals surface area (Å²) in [6, 6.07) is 13.3. The van der Waals surface area contributed by atoms with E-state index in [1.165, 1.54) is 24.3 Å². The fraction of sp³-hybridized carbons (Fsp3) is 0.409. The second kappa shape index (κ2) is 9.95. The van der Waals surface area contributed by atoms with Gasteiger partial charge in [-0.2, -0.15) is 0 Å². The summed E-state index contributed by atoms with van der Waals surface area (Å²) in [4.78, 5) is 12.8. The lowest BCUT2D eigenvalue weighted by Gasteiger charge is -2.24. The number of nitrogens with one attached hydrogen (secondary N) is 1. The van der Waals surface area contributed by atoms with E-state index in [4.69, 9.17) is 9.47 Å². The van der Waals surface area contributed by atoms with Gasteiger partial charge >= 0.3 is 0 Å². The normalized spacial score (nSPS) is 13.1. The Balaban J connectivity index is 2.10. The Bertz CT molecular complexity index is 713. The van der Waals surface area contributed by atoms with Crippen molar-refractivity contribution in [2.45, 2.75) is 45.8 Å². The number of hydrogen-bond acceptors (Lipinski definition) is 3. The number of rotatable bonds is 9. The van der Waals surface area contributed by atoms with Crippen molar-refractivity contribution in [3.05, 3.63) is 59.9 Å². The van der Waals surface area contributed by atoms with Crippen LogP contribution in [0.5, 0.6) is 11.5 Å². The van der Waals surface area contributed by atoms with E-state index >= 15 is 0 Å². The number of amides is 1. The van der Waals surface area contributed by atoms with E-state index in [2.05, 4.69) is 19.2 Å². The Labute approximate surface area is 160 Å². The summed E-state index contributed by atoms with van der Waals surface area (Å²) in [5, 5.41) is 3.11. The van der Waals surface area contributed by atoms with Crippen molar-refractivity contribution < 1.29 is 18.7 Å². The topological polar surface area (TPSA) is 47.6 Å². The molecule has 5 heteroatoms. The number of ether oxygens (including phenoxy) is 2. The van der Waals surface area contributed by atoms with Crippen LogP contribution in [0.1, 0.15) is 45.2 Å². The minimum atomic E-state index is -0.636. The summed E-state index contributed by atoms with van der Waals surface area (Å²) < 4.78 is 24.0. The minimum absolute atomic E-state index is 0.116. The molecule has 0 aliphatic carbocycles. The van der Waals surface area contributed by atoms with Crippen LogP contribution in [0, 0.1) is 11.7 Å². The van der Waals surface area contributed by atoms with E-state index in [1.54, 1.807) is 7.11 Å². The number of methoxy groups -OCH3 is 1. The van der Waals surface area contributed by atoms with Gasteiger partial charge < -0.3 is 14.8 Å². The molecule has 0 aliphatic rings. The van der Waals surface area contributed by atoms with Gasteiger partial charge in [-0.1, -0.05) is 32.9 Å². The van der Waals surface area contributed by atoms with Crippen LogP contribution in [0.4, 0.5) is 4.39 Å². The zero-order chi connectivity index (χ0) is 19.8. The van der Waals surface area contributed by atoms with Crippen LogP contribution in [0.3, 0.4) is 0 Å². The van der Waals surface area contributed by atoms with Crippen molar-refractivity contribution in [1.82, 2.24) is 5.32 Å². The van der Waals surface area contributed by atoms with E-state index in [1.807, 2.05) is 31.2 Å². The highest BCUT2D eigenvalue weighted by molar-refractivity contribution is 5.81. The molecular weight excluding hydrogens is 345 g/mol. The number of halogens is 1. The van der Waals surface area contributed by atoms with E-state index in [-0.39, 0.29) is 17.8 Å². The molecule has 0 fully saturated rings. The van der Waals surface area contributed by atoms with Gasteiger partial charge in [-0.15, -0.1) is 0 Å². The molecule has 4 nitrogen and oxygen atoms in total. The van der Waals surface area contributed by atoms with Gasteiger partial charge in [0.15, 0.2) is 6.10 Å². The SMILES string of the molecule is CC[C@@H](Oc1ccc(F)cc1)C(=O)N[C@@H](CC(C)C)c1ccc(OC)cc1. The molecule has 146 valence electrons. The smallest absolute Gasteiger partial charge is 0.261 e. The van der Waals surface area contributed by atoms with Gasteiger partial charge in [0.25, 0.3) is 5.91 Å². The molecule has 1 N–H and O–H groups in total. The Morgan fingerprint density at radius 1 is 1.04 bits per heavy atom. The molecule has 0 saturated heterocycles. The lowest BCUT2D eigenvalue weighted by Crippen LogP contribution is -2.40. The predicted octanol–water partition coefficient (Wildman–Crippen LogP) is 4.90. The van der Waals surface area contributed by atoms with Crippen molar-refractivity contribution in [2.24, 2.45) is 5.92 Å². The van der Waals surface area contributed by atoms with Gasteiger partial charge in [0.2, 0.25) is 0 Å². The molecule has 0 aromatic heterocycles. The van der Waals surface area contributed by atoms with Crippen molar-refractivity contribution in [1.29, 1.82) is 0 Å². The maximum absolute atomic E-state index is 13.1. The zero-order valence-electron chi connectivity index (χ0n) is 16.4. The highest BCUT2D eigenvalue weighted by Gasteiger charge is 2.23. The number of benzene rings is 2. The van der Waals surface area contributed by atoms with Crippen molar-refractivity contribution >= 4 is 5.91 Å². The average Bonchev–Trinajstić information content (AvgIpc) is 2.66. The van der Waals surface area contributed by atoms with Crippen LogP contribution in [0.15, 0.2) is 48.5 Å². The molecule has 0 heterocycles. The summed E-state index contributed by atoms with van der Waals surface area (Å²) >= 11 is 0. The van der Waals surface area contributed by atoms with E-state index < -0.39 is 6.10 Å². The maximum Gasteiger partial charge on any atom is 0.261 e. The molecular formula is C22H28FNO3. The second-order valence-electron chi connectivity index (χ2n) is 6.93. The third-order valence-corrected chi connectivity index (χ3v) is 4.30. The molecule has 0 saturated carbocycles. The van der Waals surface area contributed by atoms with Gasteiger partial charge in [-0.05, 0) is 60.7 Å². The molecule has 27 heavy (non-hydrogen) atoms. The first-order valence-electron chi connectivity index (χ1n) is 9.29. The summed E-state index contributed by atoms with van der Waals surface area (Å²) in [5.41, 5.74) is 1.02. The summed E-state index contributed by atoms with van der Waals surface area (Å²) in [6.45, 7) is 6.13. The van der Waals surface area contributed by atoms with Crippen molar-refractivity contribution in [3.8, 4) is 11.5 Å². The van der Waals surface area contributed by atoms with Crippen LogP contribution in [-0.4, -0.2) is 19.1 Å². The monoisotopic (exact) mass is 373 g/mol. The standard InChI is InChI=1S/C22H28FNO3/c1-5-21(27-19-12-8-17(23)9-13-19)22(25)24-20(14-15(2)3)16-6-10-18(26-4)11-7-16/h6-13,15,20-21H,5,14H2,1-4H3,(H,24,25)/t20-,21+/m0/s1. The first-order valence-corrected chi connectivity index (χ1v) is 9.29. The summed E-state index contributed by atoms with van der Waals surface area (Å²) in [7, 11) is 1.63. The molecule has 2 aromatic carbocycles. The Morgan fingerprint density at radius 3 is 2.15 bits per heavy atom. The van der Waals surface area contributed by atoms with Gasteiger partial charge in [-0.25, -0.2) is 4.39 Å². The highest BCUT2D eigenvalue weighted by atomic mass is 19.1. The molecule has 1 amide bonds. The van der Waals surface area contributed by atoms with E-state index in [0.29, 0.717) is 18.1 Å². The Morgan fingerprint density at radius 2 is 1.63 bits per heavy atom. The lowest BCUT2D eigenvalue weighted by molar-refractivity contribution is -0.129. The van der Waals surface area contributed by atoms with Crippen LogP contribution in [0.25, 0.3) is 0 Å². The van der Waals surface area contributed by atoms with Crippen LogP contribution >= 0.6 is 0 Å².